The van der Waals surface area contributed by atoms with Gasteiger partial charge in [-0.2, -0.15) is 0 Å². The summed E-state index contributed by atoms with van der Waals surface area (Å²) in [5.41, 5.74) is 2.01. The van der Waals surface area contributed by atoms with Gasteiger partial charge in [0.05, 0.1) is 5.56 Å². The fraction of sp³-hybridized carbons (Fsp3) is 0.133. The molecule has 0 radical (unpaired) electrons. The van der Waals surface area contributed by atoms with Crippen molar-refractivity contribution in [1.82, 2.24) is 15.6 Å². The van der Waals surface area contributed by atoms with Crippen LogP contribution < -0.4 is 10.6 Å². The van der Waals surface area contributed by atoms with Crippen LogP contribution in [0.4, 0.5) is 0 Å². The predicted molar refractivity (Wildman–Crippen MR) is 82.9 cm³/mol. The van der Waals surface area contributed by atoms with Gasteiger partial charge in [0.2, 0.25) is 0 Å². The monoisotopic (exact) mass is 347 g/mol. The average Bonchev–Trinajstić information content (AvgIpc) is 2.53. The van der Waals surface area contributed by atoms with Crippen LogP contribution in [-0.4, -0.2) is 23.8 Å². The molecular formula is C15H14BrN3O2. The van der Waals surface area contributed by atoms with E-state index in [1.165, 1.54) is 6.20 Å². The van der Waals surface area contributed by atoms with Crippen LogP contribution in [0.15, 0.2) is 47.2 Å². The van der Waals surface area contributed by atoms with E-state index in [4.69, 9.17) is 0 Å². The van der Waals surface area contributed by atoms with Gasteiger partial charge >= 0.3 is 0 Å². The molecule has 1 aromatic heterocycles. The van der Waals surface area contributed by atoms with Gasteiger partial charge in [-0.1, -0.05) is 12.1 Å². The van der Waals surface area contributed by atoms with Gasteiger partial charge in [-0.25, -0.2) is 4.98 Å². The first-order chi connectivity index (χ1) is 10.1. The number of nitrogens with one attached hydrogen (secondary N) is 2. The first-order valence-electron chi connectivity index (χ1n) is 6.31. The molecule has 2 amide bonds. The van der Waals surface area contributed by atoms with E-state index < -0.39 is 0 Å². The Morgan fingerprint density at radius 1 is 1.05 bits per heavy atom. The second-order valence-corrected chi connectivity index (χ2v) is 5.14. The Morgan fingerprint density at radius 3 is 2.29 bits per heavy atom. The molecule has 0 unspecified atom stereocenters. The highest BCUT2D eigenvalue weighted by molar-refractivity contribution is 9.10. The summed E-state index contributed by atoms with van der Waals surface area (Å²) in [6.07, 6.45) is 1.51. The van der Waals surface area contributed by atoms with E-state index in [9.17, 15) is 9.59 Å². The van der Waals surface area contributed by atoms with Gasteiger partial charge in [0.15, 0.2) is 0 Å². The van der Waals surface area contributed by atoms with E-state index in [1.807, 2.05) is 12.1 Å². The molecule has 2 aromatic rings. The molecule has 0 fully saturated rings. The number of hydrogen-bond acceptors (Lipinski definition) is 3. The van der Waals surface area contributed by atoms with Gasteiger partial charge in [-0.3, -0.25) is 9.59 Å². The quantitative estimate of drug-likeness (QED) is 0.832. The molecule has 1 aromatic carbocycles. The Hall–Kier alpha value is -2.21. The van der Waals surface area contributed by atoms with Crippen LogP contribution in [0.3, 0.4) is 0 Å². The largest absolute Gasteiger partial charge is 0.355 e. The Labute approximate surface area is 130 Å². The van der Waals surface area contributed by atoms with Gasteiger partial charge in [0, 0.05) is 25.4 Å². The van der Waals surface area contributed by atoms with Crippen LogP contribution in [0.1, 0.15) is 26.3 Å². The van der Waals surface area contributed by atoms with Crippen molar-refractivity contribution in [2.75, 3.05) is 7.05 Å². The molecular weight excluding hydrogens is 334 g/mol. The number of aromatic nitrogens is 1. The molecule has 21 heavy (non-hydrogen) atoms. The molecule has 0 saturated carbocycles. The lowest BCUT2D eigenvalue weighted by Crippen LogP contribution is -2.23. The predicted octanol–water partition coefficient (Wildman–Crippen LogP) is 2.13. The maximum absolute atomic E-state index is 11.9. The van der Waals surface area contributed by atoms with Crippen molar-refractivity contribution in [2.24, 2.45) is 0 Å². The Bertz CT molecular complexity index is 639. The molecule has 0 spiro atoms. The van der Waals surface area contributed by atoms with Crippen LogP contribution in [-0.2, 0) is 6.54 Å². The summed E-state index contributed by atoms with van der Waals surface area (Å²) in [5, 5.41) is 5.36. The van der Waals surface area contributed by atoms with E-state index in [1.54, 1.807) is 31.3 Å². The van der Waals surface area contributed by atoms with Gasteiger partial charge in [0.1, 0.15) is 4.60 Å². The number of amides is 2. The SMILES string of the molecule is CNC(=O)c1ccc(CNC(=O)c2ccc(Br)nc2)cc1. The summed E-state index contributed by atoms with van der Waals surface area (Å²) < 4.78 is 0.684. The Morgan fingerprint density at radius 2 is 1.71 bits per heavy atom. The lowest BCUT2D eigenvalue weighted by Gasteiger charge is -2.06. The van der Waals surface area contributed by atoms with Gasteiger partial charge in [-0.15, -0.1) is 0 Å². The number of hydrogen-bond donors (Lipinski definition) is 2. The Balaban J connectivity index is 1.95. The van der Waals surface area contributed by atoms with Crippen molar-refractivity contribution < 1.29 is 9.59 Å². The first-order valence-corrected chi connectivity index (χ1v) is 7.10. The van der Waals surface area contributed by atoms with E-state index >= 15 is 0 Å². The summed E-state index contributed by atoms with van der Waals surface area (Å²) in [5.74, 6) is -0.322. The fourth-order valence-corrected chi connectivity index (χ4v) is 1.95. The third kappa shape index (κ3) is 4.13. The summed E-state index contributed by atoms with van der Waals surface area (Å²) >= 11 is 3.22. The maximum Gasteiger partial charge on any atom is 0.253 e. The Kier molecular flexibility index (Phi) is 5.05. The van der Waals surface area contributed by atoms with Gasteiger partial charge in [0.25, 0.3) is 11.8 Å². The molecule has 2 N–H and O–H groups in total. The van der Waals surface area contributed by atoms with Gasteiger partial charge in [-0.05, 0) is 45.8 Å². The standard InChI is InChI=1S/C15H14BrN3O2/c1-17-14(20)11-4-2-10(3-5-11)8-19-15(21)12-6-7-13(16)18-9-12/h2-7,9H,8H2,1H3,(H,17,20)(H,19,21). The van der Waals surface area contributed by atoms with Crippen molar-refractivity contribution >= 4 is 27.7 Å². The van der Waals surface area contributed by atoms with Crippen molar-refractivity contribution in [3.63, 3.8) is 0 Å². The minimum atomic E-state index is -0.189. The number of benzene rings is 1. The van der Waals surface area contributed by atoms with Crippen LogP contribution in [0.2, 0.25) is 0 Å². The smallest absolute Gasteiger partial charge is 0.253 e. The molecule has 0 atom stereocenters. The van der Waals surface area contributed by atoms with Crippen molar-refractivity contribution in [1.29, 1.82) is 0 Å². The van der Waals surface area contributed by atoms with Crippen molar-refractivity contribution in [2.45, 2.75) is 6.54 Å². The van der Waals surface area contributed by atoms with Crippen LogP contribution in [0, 0.1) is 0 Å². The minimum absolute atomic E-state index is 0.133. The first kappa shape index (κ1) is 15.2. The highest BCUT2D eigenvalue weighted by Gasteiger charge is 2.06. The van der Waals surface area contributed by atoms with E-state index in [0.717, 1.165) is 5.56 Å². The molecule has 0 aliphatic heterocycles. The lowest BCUT2D eigenvalue weighted by atomic mass is 10.1. The van der Waals surface area contributed by atoms with E-state index in [0.29, 0.717) is 22.3 Å². The summed E-state index contributed by atoms with van der Waals surface area (Å²) in [4.78, 5) is 27.3. The summed E-state index contributed by atoms with van der Waals surface area (Å²) in [7, 11) is 1.59. The lowest BCUT2D eigenvalue weighted by molar-refractivity contribution is 0.0945. The minimum Gasteiger partial charge on any atom is -0.355 e. The summed E-state index contributed by atoms with van der Waals surface area (Å²) in [6, 6.07) is 10.5. The topological polar surface area (TPSA) is 71.1 Å². The average molecular weight is 348 g/mol. The highest BCUT2D eigenvalue weighted by Crippen LogP contribution is 2.07. The molecule has 2 rings (SSSR count). The number of nitrogens with zero attached hydrogens (tertiary/aromatic N) is 1. The third-order valence-electron chi connectivity index (χ3n) is 2.89. The number of rotatable bonds is 4. The number of halogens is 1. The normalized spacial score (nSPS) is 10.0. The molecule has 0 bridgehead atoms. The van der Waals surface area contributed by atoms with Crippen LogP contribution in [0.5, 0.6) is 0 Å². The second kappa shape index (κ2) is 6.99. The molecule has 5 nitrogen and oxygen atoms in total. The third-order valence-corrected chi connectivity index (χ3v) is 3.35. The molecule has 6 heteroatoms. The molecule has 108 valence electrons. The van der Waals surface area contributed by atoms with Crippen molar-refractivity contribution in [3.05, 3.63) is 63.9 Å². The van der Waals surface area contributed by atoms with Crippen LogP contribution >= 0.6 is 15.9 Å². The zero-order valence-corrected chi connectivity index (χ0v) is 13.0. The van der Waals surface area contributed by atoms with E-state index in [2.05, 4.69) is 31.5 Å². The second-order valence-electron chi connectivity index (χ2n) is 4.33. The molecule has 1 heterocycles. The summed E-state index contributed by atoms with van der Waals surface area (Å²) in [6.45, 7) is 0.392. The zero-order valence-electron chi connectivity index (χ0n) is 11.4. The van der Waals surface area contributed by atoms with Gasteiger partial charge < -0.3 is 10.6 Å². The van der Waals surface area contributed by atoms with Crippen molar-refractivity contribution in [3.8, 4) is 0 Å². The zero-order chi connectivity index (χ0) is 15.2. The molecule has 0 aliphatic rings. The fourth-order valence-electron chi connectivity index (χ4n) is 1.71. The molecule has 0 aliphatic carbocycles. The molecule has 0 saturated heterocycles. The number of pyridine rings is 1. The highest BCUT2D eigenvalue weighted by atomic mass is 79.9. The van der Waals surface area contributed by atoms with Crippen LogP contribution in [0.25, 0.3) is 0 Å². The van der Waals surface area contributed by atoms with E-state index in [-0.39, 0.29) is 11.8 Å². The maximum atomic E-state index is 11.9. The number of carbonyl (C=O) groups excluding carboxylic acids is 2. The number of carbonyl (C=O) groups is 2.